The SMILES string of the molecule is Cc1ccc(C)c(OCC(=O)c2ccc(Cl)cc2)c1. The van der Waals surface area contributed by atoms with Crippen LogP contribution in [0.25, 0.3) is 0 Å². The Bertz CT molecular complexity index is 588. The number of carbonyl (C=O) groups excluding carboxylic acids is 1. The molecule has 0 fully saturated rings. The van der Waals surface area contributed by atoms with Gasteiger partial charge in [-0.3, -0.25) is 4.79 Å². The van der Waals surface area contributed by atoms with Crippen LogP contribution in [0.4, 0.5) is 0 Å². The van der Waals surface area contributed by atoms with Crippen LogP contribution in [0.3, 0.4) is 0 Å². The van der Waals surface area contributed by atoms with E-state index in [0.717, 1.165) is 16.9 Å². The van der Waals surface area contributed by atoms with Gasteiger partial charge < -0.3 is 4.74 Å². The van der Waals surface area contributed by atoms with Crippen molar-refractivity contribution in [2.24, 2.45) is 0 Å². The van der Waals surface area contributed by atoms with E-state index in [4.69, 9.17) is 16.3 Å². The van der Waals surface area contributed by atoms with Crippen molar-refractivity contribution in [1.82, 2.24) is 0 Å². The minimum Gasteiger partial charge on any atom is -0.485 e. The van der Waals surface area contributed by atoms with Gasteiger partial charge in [0.1, 0.15) is 5.75 Å². The van der Waals surface area contributed by atoms with Gasteiger partial charge in [0.2, 0.25) is 0 Å². The lowest BCUT2D eigenvalue weighted by Gasteiger charge is -2.09. The summed E-state index contributed by atoms with van der Waals surface area (Å²) in [6.07, 6.45) is 0. The van der Waals surface area contributed by atoms with Crippen LogP contribution in [-0.4, -0.2) is 12.4 Å². The van der Waals surface area contributed by atoms with Crippen LogP contribution in [0.15, 0.2) is 42.5 Å². The van der Waals surface area contributed by atoms with E-state index in [2.05, 4.69) is 0 Å². The fraction of sp³-hybridized carbons (Fsp3) is 0.188. The Labute approximate surface area is 118 Å². The van der Waals surface area contributed by atoms with Gasteiger partial charge in [-0.1, -0.05) is 23.7 Å². The molecule has 0 atom stereocenters. The molecule has 0 amide bonds. The summed E-state index contributed by atoms with van der Waals surface area (Å²) < 4.78 is 5.58. The van der Waals surface area contributed by atoms with Gasteiger partial charge in [-0.05, 0) is 55.3 Å². The summed E-state index contributed by atoms with van der Waals surface area (Å²) in [5, 5.41) is 0.618. The van der Waals surface area contributed by atoms with Crippen LogP contribution in [-0.2, 0) is 0 Å². The van der Waals surface area contributed by atoms with Gasteiger partial charge in [-0.15, -0.1) is 0 Å². The summed E-state index contributed by atoms with van der Waals surface area (Å²) in [5.74, 6) is 0.694. The zero-order valence-corrected chi connectivity index (χ0v) is 11.7. The maximum absolute atomic E-state index is 12.0. The van der Waals surface area contributed by atoms with E-state index in [0.29, 0.717) is 10.6 Å². The number of hydrogen-bond donors (Lipinski definition) is 0. The fourth-order valence-electron chi connectivity index (χ4n) is 1.73. The van der Waals surface area contributed by atoms with Gasteiger partial charge in [0, 0.05) is 10.6 Å². The lowest BCUT2D eigenvalue weighted by atomic mass is 10.1. The predicted octanol–water partition coefficient (Wildman–Crippen LogP) is 4.22. The van der Waals surface area contributed by atoms with Crippen molar-refractivity contribution < 1.29 is 9.53 Å². The monoisotopic (exact) mass is 274 g/mol. The van der Waals surface area contributed by atoms with Crippen LogP contribution in [0.2, 0.25) is 5.02 Å². The van der Waals surface area contributed by atoms with Crippen LogP contribution in [0.1, 0.15) is 21.5 Å². The molecular weight excluding hydrogens is 260 g/mol. The molecular formula is C16H15ClO2. The molecule has 19 heavy (non-hydrogen) atoms. The molecule has 0 spiro atoms. The maximum atomic E-state index is 12.0. The Morgan fingerprint density at radius 1 is 1.11 bits per heavy atom. The molecule has 0 radical (unpaired) electrons. The molecule has 3 heteroatoms. The van der Waals surface area contributed by atoms with Gasteiger partial charge in [0.05, 0.1) is 0 Å². The number of halogens is 1. The largest absolute Gasteiger partial charge is 0.485 e. The van der Waals surface area contributed by atoms with Gasteiger partial charge in [0.15, 0.2) is 12.4 Å². The summed E-state index contributed by atoms with van der Waals surface area (Å²) in [6.45, 7) is 3.99. The van der Waals surface area contributed by atoms with E-state index < -0.39 is 0 Å². The Balaban J connectivity index is 2.04. The smallest absolute Gasteiger partial charge is 0.200 e. The van der Waals surface area contributed by atoms with Crippen molar-refractivity contribution in [1.29, 1.82) is 0 Å². The summed E-state index contributed by atoms with van der Waals surface area (Å²) in [7, 11) is 0. The van der Waals surface area contributed by atoms with E-state index in [-0.39, 0.29) is 12.4 Å². The number of benzene rings is 2. The maximum Gasteiger partial charge on any atom is 0.200 e. The lowest BCUT2D eigenvalue weighted by Crippen LogP contribution is -2.12. The molecule has 0 aliphatic heterocycles. The van der Waals surface area contributed by atoms with Crippen molar-refractivity contribution in [3.8, 4) is 5.75 Å². The van der Waals surface area contributed by atoms with E-state index in [1.807, 2.05) is 32.0 Å². The second-order valence-corrected chi connectivity index (χ2v) is 4.92. The van der Waals surface area contributed by atoms with E-state index in [1.165, 1.54) is 0 Å². The molecule has 2 nitrogen and oxygen atoms in total. The first kappa shape index (κ1) is 13.6. The first-order valence-electron chi connectivity index (χ1n) is 6.05. The molecule has 0 aliphatic rings. The number of rotatable bonds is 4. The molecule has 2 aromatic carbocycles. The van der Waals surface area contributed by atoms with E-state index >= 15 is 0 Å². The number of aryl methyl sites for hydroxylation is 2. The van der Waals surface area contributed by atoms with Gasteiger partial charge in [-0.2, -0.15) is 0 Å². The molecule has 0 bridgehead atoms. The molecule has 0 aromatic heterocycles. The van der Waals surface area contributed by atoms with Crippen LogP contribution in [0, 0.1) is 13.8 Å². The topological polar surface area (TPSA) is 26.3 Å². The van der Waals surface area contributed by atoms with Crippen molar-refractivity contribution in [2.45, 2.75) is 13.8 Å². The highest BCUT2D eigenvalue weighted by molar-refractivity contribution is 6.30. The highest BCUT2D eigenvalue weighted by Gasteiger charge is 2.08. The molecule has 0 N–H and O–H groups in total. The first-order valence-corrected chi connectivity index (χ1v) is 6.43. The Morgan fingerprint density at radius 2 is 1.79 bits per heavy atom. The third-order valence-electron chi connectivity index (χ3n) is 2.87. The Hall–Kier alpha value is -1.80. The second kappa shape index (κ2) is 5.89. The van der Waals surface area contributed by atoms with Crippen molar-refractivity contribution in [3.63, 3.8) is 0 Å². The van der Waals surface area contributed by atoms with Gasteiger partial charge in [-0.25, -0.2) is 0 Å². The quantitative estimate of drug-likeness (QED) is 0.781. The molecule has 0 saturated heterocycles. The third-order valence-corrected chi connectivity index (χ3v) is 3.12. The molecule has 0 aliphatic carbocycles. The lowest BCUT2D eigenvalue weighted by molar-refractivity contribution is 0.0921. The normalized spacial score (nSPS) is 10.3. The molecule has 2 rings (SSSR count). The summed E-state index contributed by atoms with van der Waals surface area (Å²) in [5.41, 5.74) is 2.74. The van der Waals surface area contributed by atoms with Gasteiger partial charge >= 0.3 is 0 Å². The van der Waals surface area contributed by atoms with Gasteiger partial charge in [0.25, 0.3) is 0 Å². The number of carbonyl (C=O) groups is 1. The Morgan fingerprint density at radius 3 is 2.47 bits per heavy atom. The fourth-order valence-corrected chi connectivity index (χ4v) is 1.85. The third kappa shape index (κ3) is 3.58. The molecule has 2 aromatic rings. The summed E-state index contributed by atoms with van der Waals surface area (Å²) in [6, 6.07) is 12.7. The molecule has 98 valence electrons. The standard InChI is InChI=1S/C16H15ClO2/c1-11-3-4-12(2)16(9-11)19-10-15(18)13-5-7-14(17)8-6-13/h3-9H,10H2,1-2H3. The summed E-state index contributed by atoms with van der Waals surface area (Å²) in [4.78, 5) is 12.0. The van der Waals surface area contributed by atoms with Crippen molar-refractivity contribution in [3.05, 3.63) is 64.2 Å². The zero-order valence-electron chi connectivity index (χ0n) is 10.9. The second-order valence-electron chi connectivity index (χ2n) is 4.49. The molecule has 0 saturated carbocycles. The van der Waals surface area contributed by atoms with Crippen LogP contribution < -0.4 is 4.74 Å². The predicted molar refractivity (Wildman–Crippen MR) is 77.2 cm³/mol. The van der Waals surface area contributed by atoms with E-state index in [9.17, 15) is 4.79 Å². The minimum absolute atomic E-state index is 0.0337. The van der Waals surface area contributed by atoms with E-state index in [1.54, 1.807) is 24.3 Å². The average molecular weight is 275 g/mol. The average Bonchev–Trinajstić information content (AvgIpc) is 2.40. The molecule has 0 heterocycles. The zero-order chi connectivity index (χ0) is 13.8. The number of Topliss-reactive ketones (excluding diaryl/α,β-unsaturated/α-hetero) is 1. The number of ketones is 1. The first-order chi connectivity index (χ1) is 9.06. The number of hydrogen-bond acceptors (Lipinski definition) is 2. The highest BCUT2D eigenvalue weighted by atomic mass is 35.5. The highest BCUT2D eigenvalue weighted by Crippen LogP contribution is 2.19. The number of ether oxygens (including phenoxy) is 1. The molecule has 0 unspecified atom stereocenters. The van der Waals surface area contributed by atoms with Crippen molar-refractivity contribution >= 4 is 17.4 Å². The Kier molecular flexibility index (Phi) is 4.23. The van der Waals surface area contributed by atoms with Crippen molar-refractivity contribution in [2.75, 3.05) is 6.61 Å². The van der Waals surface area contributed by atoms with Crippen LogP contribution >= 0.6 is 11.6 Å². The minimum atomic E-state index is -0.0578. The summed E-state index contributed by atoms with van der Waals surface area (Å²) >= 11 is 5.78. The van der Waals surface area contributed by atoms with Crippen LogP contribution in [0.5, 0.6) is 5.75 Å².